The molecule has 1 heteroatoms. The second-order valence-corrected chi connectivity index (χ2v) is 5.21. The lowest BCUT2D eigenvalue weighted by atomic mass is 9.70. The van der Waals surface area contributed by atoms with Crippen LogP contribution in [0.4, 0.5) is 0 Å². The van der Waals surface area contributed by atoms with Crippen LogP contribution in [0.25, 0.3) is 0 Å². The summed E-state index contributed by atoms with van der Waals surface area (Å²) in [7, 11) is 0. The molecule has 0 aliphatic rings. The van der Waals surface area contributed by atoms with Crippen molar-refractivity contribution < 1.29 is 0 Å². The molecule has 1 rings (SSSR count). The van der Waals surface area contributed by atoms with E-state index >= 15 is 0 Å². The number of hydrogen-bond donors (Lipinski definition) is 1. The van der Waals surface area contributed by atoms with Crippen LogP contribution in [-0.2, 0) is 5.41 Å². The van der Waals surface area contributed by atoms with Crippen molar-refractivity contribution in [2.24, 2.45) is 5.73 Å². The Morgan fingerprint density at radius 1 is 0.929 bits per heavy atom. The predicted molar refractivity (Wildman–Crippen MR) is 62.5 cm³/mol. The van der Waals surface area contributed by atoms with E-state index < -0.39 is 0 Å². The minimum Gasteiger partial charge on any atom is -0.325 e. The average Bonchev–Trinajstić information content (AvgIpc) is 2.03. The van der Waals surface area contributed by atoms with Gasteiger partial charge in [0.15, 0.2) is 0 Å². The number of nitrogens with two attached hydrogens (primary N) is 1. The van der Waals surface area contributed by atoms with Gasteiger partial charge in [0.2, 0.25) is 0 Å². The monoisotopic (exact) mass is 191 g/mol. The number of rotatable bonds is 2. The zero-order valence-electron chi connectivity index (χ0n) is 9.89. The third-order valence-corrected chi connectivity index (χ3v) is 3.38. The van der Waals surface area contributed by atoms with Gasteiger partial charge >= 0.3 is 0 Å². The largest absolute Gasteiger partial charge is 0.325 e. The maximum Gasteiger partial charge on any atom is 0.0189 e. The zero-order chi connectivity index (χ0) is 11.0. The van der Waals surface area contributed by atoms with Crippen LogP contribution >= 0.6 is 0 Å². The lowest BCUT2D eigenvalue weighted by molar-refractivity contribution is 0.306. The van der Waals surface area contributed by atoms with E-state index in [1.54, 1.807) is 0 Å². The summed E-state index contributed by atoms with van der Waals surface area (Å²) < 4.78 is 0. The average molecular weight is 191 g/mol. The molecular weight excluding hydrogens is 170 g/mol. The van der Waals surface area contributed by atoms with Gasteiger partial charge in [0, 0.05) is 11.0 Å². The number of hydrogen-bond acceptors (Lipinski definition) is 1. The lowest BCUT2D eigenvalue weighted by Gasteiger charge is -2.39. The molecule has 14 heavy (non-hydrogen) atoms. The summed E-state index contributed by atoms with van der Waals surface area (Å²) in [6, 6.07) is 8.62. The molecule has 0 heterocycles. The van der Waals surface area contributed by atoms with E-state index in [1.165, 1.54) is 11.1 Å². The molecule has 0 fully saturated rings. The molecule has 0 saturated carbocycles. The van der Waals surface area contributed by atoms with Crippen molar-refractivity contribution in [3.05, 3.63) is 35.4 Å². The predicted octanol–water partition coefficient (Wildman–Crippen LogP) is 3.01. The van der Waals surface area contributed by atoms with Gasteiger partial charge in [0.05, 0.1) is 0 Å². The molecule has 0 radical (unpaired) electrons. The minimum atomic E-state index is -0.206. The highest BCUT2D eigenvalue weighted by Crippen LogP contribution is 2.32. The summed E-state index contributed by atoms with van der Waals surface area (Å²) in [6.07, 6.45) is 0. The maximum absolute atomic E-state index is 6.18. The van der Waals surface area contributed by atoms with E-state index in [4.69, 9.17) is 5.73 Å². The van der Waals surface area contributed by atoms with Gasteiger partial charge in [-0.1, -0.05) is 43.7 Å². The summed E-state index contributed by atoms with van der Waals surface area (Å²) in [5.74, 6) is 0. The van der Waals surface area contributed by atoms with Gasteiger partial charge in [-0.15, -0.1) is 0 Å². The Morgan fingerprint density at radius 2 is 1.36 bits per heavy atom. The third kappa shape index (κ3) is 1.98. The van der Waals surface area contributed by atoms with Gasteiger partial charge in [-0.05, 0) is 26.3 Å². The van der Waals surface area contributed by atoms with E-state index in [9.17, 15) is 0 Å². The number of benzene rings is 1. The first kappa shape index (κ1) is 11.3. The van der Waals surface area contributed by atoms with Crippen LogP contribution in [0.2, 0.25) is 0 Å². The quantitative estimate of drug-likeness (QED) is 0.764. The van der Waals surface area contributed by atoms with Crippen molar-refractivity contribution in [1.29, 1.82) is 0 Å². The van der Waals surface area contributed by atoms with E-state index in [1.807, 2.05) is 0 Å². The SMILES string of the molecule is Cc1ccc(C(C)(C)C(C)(C)N)cc1. The molecule has 0 aliphatic carbocycles. The Labute approximate surface area is 87.3 Å². The van der Waals surface area contributed by atoms with Crippen molar-refractivity contribution in [2.45, 2.75) is 45.6 Å². The van der Waals surface area contributed by atoms with Crippen LogP contribution in [0, 0.1) is 6.92 Å². The van der Waals surface area contributed by atoms with Crippen molar-refractivity contribution in [2.75, 3.05) is 0 Å². The van der Waals surface area contributed by atoms with E-state index in [2.05, 4.69) is 58.9 Å². The molecule has 0 atom stereocenters. The highest BCUT2D eigenvalue weighted by Gasteiger charge is 2.34. The first-order valence-electron chi connectivity index (χ1n) is 5.11. The second-order valence-electron chi connectivity index (χ2n) is 5.21. The molecule has 0 aliphatic heterocycles. The fourth-order valence-corrected chi connectivity index (χ4v) is 1.34. The van der Waals surface area contributed by atoms with Crippen LogP contribution in [-0.4, -0.2) is 5.54 Å². The Morgan fingerprint density at radius 3 is 1.71 bits per heavy atom. The van der Waals surface area contributed by atoms with Crippen molar-refractivity contribution in [1.82, 2.24) is 0 Å². The smallest absolute Gasteiger partial charge is 0.0189 e. The molecule has 1 aromatic carbocycles. The van der Waals surface area contributed by atoms with Crippen molar-refractivity contribution >= 4 is 0 Å². The lowest BCUT2D eigenvalue weighted by Crippen LogP contribution is -2.50. The van der Waals surface area contributed by atoms with Gasteiger partial charge in [0.1, 0.15) is 0 Å². The minimum absolute atomic E-state index is 0.000694. The topological polar surface area (TPSA) is 26.0 Å². The second kappa shape index (κ2) is 3.39. The zero-order valence-corrected chi connectivity index (χ0v) is 9.89. The molecule has 1 aromatic rings. The maximum atomic E-state index is 6.18. The molecule has 2 N–H and O–H groups in total. The fraction of sp³-hybridized carbons (Fsp3) is 0.538. The van der Waals surface area contributed by atoms with E-state index in [-0.39, 0.29) is 11.0 Å². The summed E-state index contributed by atoms with van der Waals surface area (Å²) >= 11 is 0. The van der Waals surface area contributed by atoms with Crippen molar-refractivity contribution in [3.8, 4) is 0 Å². The Balaban J connectivity index is 3.10. The first-order valence-corrected chi connectivity index (χ1v) is 5.11. The number of aryl methyl sites for hydroxylation is 1. The summed E-state index contributed by atoms with van der Waals surface area (Å²) in [4.78, 5) is 0. The summed E-state index contributed by atoms with van der Waals surface area (Å²) in [5.41, 5.74) is 8.57. The van der Waals surface area contributed by atoms with Gasteiger partial charge in [-0.3, -0.25) is 0 Å². The van der Waals surface area contributed by atoms with E-state index in [0.29, 0.717) is 0 Å². The highest BCUT2D eigenvalue weighted by molar-refractivity contribution is 5.30. The molecular formula is C13H21N. The van der Waals surface area contributed by atoms with Crippen LogP contribution in [0.1, 0.15) is 38.8 Å². The first-order chi connectivity index (χ1) is 6.25. The third-order valence-electron chi connectivity index (χ3n) is 3.38. The van der Waals surface area contributed by atoms with Crippen LogP contribution in [0.3, 0.4) is 0 Å². The highest BCUT2D eigenvalue weighted by atomic mass is 14.7. The van der Waals surface area contributed by atoms with Gasteiger partial charge in [-0.25, -0.2) is 0 Å². The summed E-state index contributed by atoms with van der Waals surface area (Å²) in [5, 5.41) is 0. The molecule has 0 bridgehead atoms. The normalized spacial score (nSPS) is 13.0. The Kier molecular flexibility index (Phi) is 2.73. The van der Waals surface area contributed by atoms with Gasteiger partial charge in [0.25, 0.3) is 0 Å². The van der Waals surface area contributed by atoms with E-state index in [0.717, 1.165) is 0 Å². The molecule has 1 nitrogen and oxygen atoms in total. The Hall–Kier alpha value is -0.820. The molecule has 0 amide bonds. The molecule has 0 spiro atoms. The van der Waals surface area contributed by atoms with Gasteiger partial charge in [-0.2, -0.15) is 0 Å². The molecule has 0 unspecified atom stereocenters. The van der Waals surface area contributed by atoms with Crippen LogP contribution < -0.4 is 5.73 Å². The van der Waals surface area contributed by atoms with Gasteiger partial charge < -0.3 is 5.73 Å². The molecule has 0 aromatic heterocycles. The summed E-state index contributed by atoms with van der Waals surface area (Å²) in [6.45, 7) is 10.6. The molecule has 78 valence electrons. The fourth-order valence-electron chi connectivity index (χ4n) is 1.34. The van der Waals surface area contributed by atoms with Crippen LogP contribution in [0.15, 0.2) is 24.3 Å². The van der Waals surface area contributed by atoms with Crippen LogP contribution in [0.5, 0.6) is 0 Å². The molecule has 0 saturated heterocycles. The Bertz CT molecular complexity index is 301. The standard InChI is InChI=1S/C13H21N/c1-10-6-8-11(9-7-10)12(2,3)13(4,5)14/h6-9H,14H2,1-5H3. The van der Waals surface area contributed by atoms with Crippen molar-refractivity contribution in [3.63, 3.8) is 0 Å².